The first-order valence-electron chi connectivity index (χ1n) is 9.42. The molecule has 0 unspecified atom stereocenters. The minimum atomic E-state index is -1.07. The summed E-state index contributed by atoms with van der Waals surface area (Å²) in [6.45, 7) is 1.88. The highest BCUT2D eigenvalue weighted by atomic mass is 16.6. The highest BCUT2D eigenvalue weighted by Crippen LogP contribution is 2.42. The van der Waals surface area contributed by atoms with E-state index in [1.54, 1.807) is 48.5 Å². The molecular weight excluding hydrogens is 398 g/mol. The summed E-state index contributed by atoms with van der Waals surface area (Å²) in [5, 5.41) is 22.3. The van der Waals surface area contributed by atoms with E-state index in [4.69, 9.17) is 0 Å². The van der Waals surface area contributed by atoms with E-state index < -0.39 is 22.7 Å². The molecule has 1 saturated heterocycles. The molecule has 2 aromatic carbocycles. The third kappa shape index (κ3) is 3.55. The van der Waals surface area contributed by atoms with Crippen LogP contribution in [0.1, 0.15) is 22.7 Å². The smallest absolute Gasteiger partial charge is 0.301 e. The molecule has 2 heterocycles. The van der Waals surface area contributed by atoms with Crippen LogP contribution in [-0.4, -0.2) is 26.7 Å². The SMILES string of the molecule is Cc1ccc(/C(O)=C2\C(=O)C(=O)N(c3ccccn3)[C@@H]2c2cccc([N+](=O)[O-])c2)cc1. The zero-order valence-corrected chi connectivity index (χ0v) is 16.4. The predicted octanol–water partition coefficient (Wildman–Crippen LogP) is 3.92. The lowest BCUT2D eigenvalue weighted by atomic mass is 9.94. The number of pyridine rings is 1. The molecule has 154 valence electrons. The van der Waals surface area contributed by atoms with E-state index in [-0.39, 0.29) is 22.8 Å². The van der Waals surface area contributed by atoms with Gasteiger partial charge in [-0.3, -0.25) is 24.6 Å². The molecule has 1 aliphatic rings. The van der Waals surface area contributed by atoms with Crippen molar-refractivity contribution in [1.29, 1.82) is 0 Å². The Bertz CT molecular complexity index is 1220. The van der Waals surface area contributed by atoms with E-state index in [0.29, 0.717) is 11.1 Å². The van der Waals surface area contributed by atoms with Crippen LogP contribution in [0.5, 0.6) is 0 Å². The number of hydrogen-bond donors (Lipinski definition) is 1. The van der Waals surface area contributed by atoms with E-state index in [1.807, 2.05) is 6.92 Å². The Morgan fingerprint density at radius 2 is 1.81 bits per heavy atom. The molecule has 1 aromatic heterocycles. The van der Waals surface area contributed by atoms with Gasteiger partial charge in [0.25, 0.3) is 11.5 Å². The molecule has 1 atom stereocenters. The number of carbonyl (C=O) groups is 2. The van der Waals surface area contributed by atoms with Crippen LogP contribution in [0.25, 0.3) is 5.76 Å². The molecule has 1 amide bonds. The van der Waals surface area contributed by atoms with Crippen molar-refractivity contribution in [2.24, 2.45) is 0 Å². The summed E-state index contributed by atoms with van der Waals surface area (Å²) in [6.07, 6.45) is 1.47. The molecule has 1 N–H and O–H groups in total. The highest BCUT2D eigenvalue weighted by molar-refractivity contribution is 6.51. The first kappa shape index (κ1) is 20.0. The third-order valence-corrected chi connectivity index (χ3v) is 5.06. The van der Waals surface area contributed by atoms with Gasteiger partial charge in [-0.05, 0) is 24.6 Å². The first-order valence-corrected chi connectivity index (χ1v) is 9.42. The van der Waals surface area contributed by atoms with Crippen LogP contribution in [0.2, 0.25) is 0 Å². The van der Waals surface area contributed by atoms with Gasteiger partial charge in [0, 0.05) is 23.9 Å². The van der Waals surface area contributed by atoms with Gasteiger partial charge >= 0.3 is 5.91 Å². The maximum Gasteiger partial charge on any atom is 0.301 e. The van der Waals surface area contributed by atoms with Crippen molar-refractivity contribution < 1.29 is 19.6 Å². The second kappa shape index (κ2) is 7.83. The molecule has 3 aromatic rings. The normalized spacial score (nSPS) is 17.7. The quantitative estimate of drug-likeness (QED) is 0.227. The Balaban J connectivity index is 1.96. The molecule has 1 fully saturated rings. The number of aryl methyl sites for hydroxylation is 1. The Morgan fingerprint density at radius 1 is 1.06 bits per heavy atom. The van der Waals surface area contributed by atoms with E-state index in [1.165, 1.54) is 24.4 Å². The minimum absolute atomic E-state index is 0.153. The fraction of sp³-hybridized carbons (Fsp3) is 0.0870. The van der Waals surface area contributed by atoms with Crippen LogP contribution < -0.4 is 4.90 Å². The number of nitro benzene ring substituents is 1. The van der Waals surface area contributed by atoms with Crippen molar-refractivity contribution in [3.8, 4) is 0 Å². The first-order chi connectivity index (χ1) is 14.9. The van der Waals surface area contributed by atoms with E-state index in [0.717, 1.165) is 10.5 Å². The molecule has 0 radical (unpaired) electrons. The van der Waals surface area contributed by atoms with Crippen LogP contribution in [0.3, 0.4) is 0 Å². The molecule has 8 heteroatoms. The van der Waals surface area contributed by atoms with Crippen molar-refractivity contribution in [1.82, 2.24) is 4.98 Å². The molecule has 0 aliphatic carbocycles. The summed E-state index contributed by atoms with van der Waals surface area (Å²) >= 11 is 0. The number of nitrogens with zero attached hydrogens (tertiary/aromatic N) is 3. The highest BCUT2D eigenvalue weighted by Gasteiger charge is 2.47. The lowest BCUT2D eigenvalue weighted by molar-refractivity contribution is -0.384. The number of non-ortho nitro benzene ring substituents is 1. The van der Waals surface area contributed by atoms with E-state index >= 15 is 0 Å². The summed E-state index contributed by atoms with van der Waals surface area (Å²) < 4.78 is 0. The fourth-order valence-electron chi connectivity index (χ4n) is 3.56. The van der Waals surface area contributed by atoms with Gasteiger partial charge in [0.05, 0.1) is 16.5 Å². The number of nitro groups is 1. The van der Waals surface area contributed by atoms with E-state index in [2.05, 4.69) is 4.98 Å². The van der Waals surface area contributed by atoms with Gasteiger partial charge in [-0.2, -0.15) is 0 Å². The summed E-state index contributed by atoms with van der Waals surface area (Å²) in [4.78, 5) is 42.0. The average molecular weight is 415 g/mol. The van der Waals surface area contributed by atoms with Crippen LogP contribution in [0.15, 0.2) is 78.5 Å². The maximum absolute atomic E-state index is 13.0. The monoisotopic (exact) mass is 415 g/mol. The fourth-order valence-corrected chi connectivity index (χ4v) is 3.56. The molecule has 31 heavy (non-hydrogen) atoms. The van der Waals surface area contributed by atoms with Crippen LogP contribution in [0, 0.1) is 17.0 Å². The van der Waals surface area contributed by atoms with Crippen molar-refractivity contribution in [3.63, 3.8) is 0 Å². The van der Waals surface area contributed by atoms with E-state index in [9.17, 15) is 24.8 Å². The molecule has 0 saturated carbocycles. The van der Waals surface area contributed by atoms with Gasteiger partial charge in [0.15, 0.2) is 0 Å². The number of amides is 1. The van der Waals surface area contributed by atoms with Crippen molar-refractivity contribution in [2.75, 3.05) is 4.90 Å². The number of hydrogen-bond acceptors (Lipinski definition) is 6. The molecular formula is C23H17N3O5. The summed E-state index contributed by atoms with van der Waals surface area (Å²) in [6, 6.07) is 16.3. The number of aliphatic hydroxyl groups excluding tert-OH is 1. The van der Waals surface area contributed by atoms with Crippen molar-refractivity contribution in [3.05, 3.63) is 105 Å². The number of anilines is 1. The number of rotatable bonds is 4. The minimum Gasteiger partial charge on any atom is -0.507 e. The van der Waals surface area contributed by atoms with Crippen LogP contribution >= 0.6 is 0 Å². The number of carbonyl (C=O) groups excluding carboxylic acids is 2. The number of aromatic nitrogens is 1. The van der Waals surface area contributed by atoms with Crippen molar-refractivity contribution in [2.45, 2.75) is 13.0 Å². The number of aliphatic hydroxyl groups is 1. The zero-order valence-electron chi connectivity index (χ0n) is 16.4. The average Bonchev–Trinajstić information content (AvgIpc) is 3.05. The molecule has 0 bridgehead atoms. The van der Waals surface area contributed by atoms with Gasteiger partial charge < -0.3 is 5.11 Å². The van der Waals surface area contributed by atoms with Gasteiger partial charge in [0.1, 0.15) is 11.6 Å². The molecule has 4 rings (SSSR count). The lowest BCUT2D eigenvalue weighted by Gasteiger charge is -2.24. The number of benzene rings is 2. The third-order valence-electron chi connectivity index (χ3n) is 5.06. The molecule has 8 nitrogen and oxygen atoms in total. The summed E-state index contributed by atoms with van der Waals surface area (Å²) in [5.41, 5.74) is 1.29. The predicted molar refractivity (Wildman–Crippen MR) is 113 cm³/mol. The lowest BCUT2D eigenvalue weighted by Crippen LogP contribution is -2.30. The Morgan fingerprint density at radius 3 is 2.45 bits per heavy atom. The standard InChI is InChI=1S/C23H17N3O5/c1-14-8-10-15(11-9-14)21(27)19-20(16-5-4-6-17(13-16)26(30)31)25(23(29)22(19)28)18-7-2-3-12-24-18/h2-13,20,27H,1H3/b21-19+/t20-/m1/s1. The van der Waals surface area contributed by atoms with Crippen molar-refractivity contribution >= 4 is 29.0 Å². The van der Waals surface area contributed by atoms with Gasteiger partial charge in [-0.25, -0.2) is 4.98 Å². The second-order valence-electron chi connectivity index (χ2n) is 7.08. The Kier molecular flexibility index (Phi) is 5.04. The maximum atomic E-state index is 13.0. The summed E-state index contributed by atoms with van der Waals surface area (Å²) in [5.74, 6) is -1.92. The topological polar surface area (TPSA) is 114 Å². The molecule has 1 aliphatic heterocycles. The van der Waals surface area contributed by atoms with Crippen LogP contribution in [0.4, 0.5) is 11.5 Å². The Hall–Kier alpha value is -4.33. The second-order valence-corrected chi connectivity index (χ2v) is 7.08. The largest absolute Gasteiger partial charge is 0.507 e. The van der Waals surface area contributed by atoms with Crippen LogP contribution in [-0.2, 0) is 9.59 Å². The number of Topliss-reactive ketones (excluding diaryl/α,β-unsaturated/α-hetero) is 1. The molecule has 0 spiro atoms. The van der Waals surface area contributed by atoms with Gasteiger partial charge in [-0.1, -0.05) is 48.0 Å². The Labute approximate surface area is 177 Å². The zero-order chi connectivity index (χ0) is 22.1. The van der Waals surface area contributed by atoms with Gasteiger partial charge in [-0.15, -0.1) is 0 Å². The van der Waals surface area contributed by atoms with Gasteiger partial charge in [0.2, 0.25) is 0 Å². The number of ketones is 1. The summed E-state index contributed by atoms with van der Waals surface area (Å²) in [7, 11) is 0.